The smallest absolute Gasteiger partial charge is 0.253 e. The number of hydrogen-bond donors (Lipinski definition) is 4. The summed E-state index contributed by atoms with van der Waals surface area (Å²) in [5.41, 5.74) is 3.88. The van der Waals surface area contributed by atoms with E-state index in [4.69, 9.17) is 5.41 Å². The van der Waals surface area contributed by atoms with Gasteiger partial charge in [0.05, 0.1) is 5.56 Å². The van der Waals surface area contributed by atoms with Crippen LogP contribution in [0.15, 0.2) is 29.1 Å². The summed E-state index contributed by atoms with van der Waals surface area (Å²) in [4.78, 5) is 30.2. The Morgan fingerprint density at radius 2 is 2.03 bits per heavy atom. The van der Waals surface area contributed by atoms with Crippen molar-refractivity contribution >= 4 is 17.8 Å². The van der Waals surface area contributed by atoms with E-state index in [0.717, 1.165) is 29.8 Å². The molecule has 0 atom stereocenters. The van der Waals surface area contributed by atoms with Crippen LogP contribution >= 0.6 is 0 Å². The zero-order chi connectivity index (χ0) is 21.7. The average Bonchev–Trinajstić information content (AvgIpc) is 3.19. The van der Waals surface area contributed by atoms with E-state index < -0.39 is 0 Å². The Labute approximate surface area is 177 Å². The number of H-pyrrole nitrogens is 1. The molecule has 7 nitrogen and oxygen atoms in total. The quantitative estimate of drug-likeness (QED) is 0.504. The van der Waals surface area contributed by atoms with Crippen LogP contribution in [-0.2, 0) is 13.1 Å². The number of nitrogens with zero attached hydrogens (tertiary/aromatic N) is 1. The Morgan fingerprint density at radius 1 is 1.30 bits per heavy atom. The van der Waals surface area contributed by atoms with E-state index in [1.54, 1.807) is 6.07 Å². The molecule has 160 valence electrons. The van der Waals surface area contributed by atoms with E-state index in [1.165, 1.54) is 19.1 Å². The van der Waals surface area contributed by atoms with Gasteiger partial charge >= 0.3 is 0 Å². The maximum atomic E-state index is 12.9. The first-order valence-electron chi connectivity index (χ1n) is 10.4. The molecule has 1 saturated carbocycles. The Morgan fingerprint density at radius 3 is 2.70 bits per heavy atom. The normalized spacial score (nSPS) is 14.1. The van der Waals surface area contributed by atoms with Crippen molar-refractivity contribution in [3.05, 3.63) is 62.6 Å². The molecular weight excluding hydrogens is 378 g/mol. The van der Waals surface area contributed by atoms with Crippen LogP contribution < -0.4 is 16.2 Å². The molecule has 1 amide bonds. The van der Waals surface area contributed by atoms with Gasteiger partial charge in [0.25, 0.3) is 11.5 Å². The van der Waals surface area contributed by atoms with Gasteiger partial charge < -0.3 is 25.9 Å². The Balaban J connectivity index is 1.80. The third-order valence-corrected chi connectivity index (χ3v) is 5.49. The van der Waals surface area contributed by atoms with Crippen LogP contribution in [0.5, 0.6) is 0 Å². The Kier molecular flexibility index (Phi) is 7.05. The molecule has 1 aromatic heterocycles. The molecule has 0 spiro atoms. The maximum absolute atomic E-state index is 12.9. The fourth-order valence-corrected chi connectivity index (χ4v) is 4.06. The molecule has 0 bridgehead atoms. The second-order valence-corrected chi connectivity index (χ2v) is 8.24. The molecule has 7 heteroatoms. The maximum Gasteiger partial charge on any atom is 0.253 e. The van der Waals surface area contributed by atoms with Crippen molar-refractivity contribution in [3.63, 3.8) is 0 Å². The standard InChI is InChI=1S/C23H31N5O2/c1-15-11-16(14-28(2)3)20(23(30)26-15)13-25-22(29)18-9-6-10-21(19(18)12-24)27-17-7-4-5-8-17/h6,9-12,17,24,27H,4-5,7-8,13-14H2,1-3H3,(H,25,29)(H,26,30). The highest BCUT2D eigenvalue weighted by atomic mass is 16.1. The minimum Gasteiger partial charge on any atom is -0.382 e. The average molecular weight is 410 g/mol. The summed E-state index contributed by atoms with van der Waals surface area (Å²) in [5, 5.41) is 14.2. The van der Waals surface area contributed by atoms with Gasteiger partial charge in [0.2, 0.25) is 0 Å². The van der Waals surface area contributed by atoms with Crippen molar-refractivity contribution < 1.29 is 4.79 Å². The lowest BCUT2D eigenvalue weighted by Crippen LogP contribution is -2.30. The molecule has 1 aromatic carbocycles. The summed E-state index contributed by atoms with van der Waals surface area (Å²) in [6.07, 6.45) is 5.86. The number of carbonyl (C=O) groups excluding carboxylic acids is 1. The van der Waals surface area contributed by atoms with Gasteiger partial charge in [0.1, 0.15) is 0 Å². The van der Waals surface area contributed by atoms with Gasteiger partial charge in [-0.3, -0.25) is 9.59 Å². The monoisotopic (exact) mass is 409 g/mol. The number of benzene rings is 1. The minimum atomic E-state index is -0.292. The van der Waals surface area contributed by atoms with Gasteiger partial charge in [0.15, 0.2) is 0 Å². The Bertz CT molecular complexity index is 974. The summed E-state index contributed by atoms with van der Waals surface area (Å²) >= 11 is 0. The number of pyridine rings is 1. The summed E-state index contributed by atoms with van der Waals surface area (Å²) in [5.74, 6) is -0.292. The van der Waals surface area contributed by atoms with Gasteiger partial charge in [0, 0.05) is 47.9 Å². The third-order valence-electron chi connectivity index (χ3n) is 5.49. The number of aromatic nitrogens is 1. The lowest BCUT2D eigenvalue weighted by atomic mass is 10.0. The van der Waals surface area contributed by atoms with E-state index in [9.17, 15) is 9.59 Å². The first-order valence-corrected chi connectivity index (χ1v) is 10.4. The third kappa shape index (κ3) is 5.16. The van der Waals surface area contributed by atoms with Crippen LogP contribution in [0.1, 0.15) is 58.4 Å². The first kappa shape index (κ1) is 21.8. The highest BCUT2D eigenvalue weighted by molar-refractivity contribution is 6.04. The fraction of sp³-hybridized carbons (Fsp3) is 0.435. The molecule has 0 unspecified atom stereocenters. The molecule has 0 radical (unpaired) electrons. The number of aryl methyl sites for hydroxylation is 1. The van der Waals surface area contributed by atoms with Crippen LogP contribution in [0.3, 0.4) is 0 Å². The molecule has 1 aliphatic rings. The van der Waals surface area contributed by atoms with Crippen molar-refractivity contribution in [2.24, 2.45) is 0 Å². The van der Waals surface area contributed by atoms with Gasteiger partial charge in [-0.05, 0) is 57.6 Å². The van der Waals surface area contributed by atoms with Crippen molar-refractivity contribution in [2.45, 2.75) is 51.7 Å². The van der Waals surface area contributed by atoms with Crippen LogP contribution in [0, 0.1) is 12.3 Å². The van der Waals surface area contributed by atoms with E-state index in [0.29, 0.717) is 29.3 Å². The topological polar surface area (TPSA) is 101 Å². The predicted octanol–water partition coefficient (Wildman–Crippen LogP) is 3.03. The number of amides is 1. The second kappa shape index (κ2) is 9.71. The number of aromatic amines is 1. The summed E-state index contributed by atoms with van der Waals surface area (Å²) in [7, 11) is 3.89. The lowest BCUT2D eigenvalue weighted by molar-refractivity contribution is 0.0950. The zero-order valence-electron chi connectivity index (χ0n) is 18.0. The van der Waals surface area contributed by atoms with Crippen LogP contribution in [0.25, 0.3) is 0 Å². The van der Waals surface area contributed by atoms with Crippen molar-refractivity contribution in [1.82, 2.24) is 15.2 Å². The molecule has 2 aromatic rings. The highest BCUT2D eigenvalue weighted by Crippen LogP contribution is 2.25. The number of nitrogens with one attached hydrogen (secondary N) is 4. The highest BCUT2D eigenvalue weighted by Gasteiger charge is 2.19. The summed E-state index contributed by atoms with van der Waals surface area (Å²) in [6.45, 7) is 2.60. The predicted molar refractivity (Wildman–Crippen MR) is 121 cm³/mol. The van der Waals surface area contributed by atoms with Crippen LogP contribution in [-0.4, -0.2) is 42.1 Å². The summed E-state index contributed by atoms with van der Waals surface area (Å²) in [6, 6.07) is 7.79. The van der Waals surface area contributed by atoms with Crippen LogP contribution in [0.4, 0.5) is 5.69 Å². The molecule has 4 N–H and O–H groups in total. The SMILES string of the molecule is Cc1cc(CN(C)C)c(CNC(=O)c2cccc(NC3CCCC3)c2C=N)c(=O)[nH]1. The molecule has 1 aliphatic carbocycles. The molecular formula is C23H31N5O2. The molecule has 3 rings (SSSR count). The van der Waals surface area contributed by atoms with Crippen molar-refractivity contribution in [2.75, 3.05) is 19.4 Å². The van der Waals surface area contributed by atoms with E-state index in [-0.39, 0.29) is 18.0 Å². The van der Waals surface area contributed by atoms with Crippen molar-refractivity contribution in [3.8, 4) is 0 Å². The van der Waals surface area contributed by atoms with E-state index in [2.05, 4.69) is 15.6 Å². The molecule has 30 heavy (non-hydrogen) atoms. The van der Waals surface area contributed by atoms with E-state index >= 15 is 0 Å². The van der Waals surface area contributed by atoms with Gasteiger partial charge in [-0.15, -0.1) is 0 Å². The summed E-state index contributed by atoms with van der Waals surface area (Å²) < 4.78 is 0. The molecule has 0 saturated heterocycles. The second-order valence-electron chi connectivity index (χ2n) is 8.24. The zero-order valence-corrected chi connectivity index (χ0v) is 18.0. The lowest BCUT2D eigenvalue weighted by Gasteiger charge is -2.18. The molecule has 0 aliphatic heterocycles. The minimum absolute atomic E-state index is 0.134. The fourth-order valence-electron chi connectivity index (χ4n) is 4.06. The number of carbonyl (C=O) groups is 1. The van der Waals surface area contributed by atoms with E-state index in [1.807, 2.05) is 44.1 Å². The number of anilines is 1. The van der Waals surface area contributed by atoms with Crippen molar-refractivity contribution in [1.29, 1.82) is 5.41 Å². The number of rotatable bonds is 8. The number of hydrogen-bond acceptors (Lipinski definition) is 5. The molecule has 1 fully saturated rings. The largest absolute Gasteiger partial charge is 0.382 e. The molecule has 1 heterocycles. The van der Waals surface area contributed by atoms with Crippen LogP contribution in [0.2, 0.25) is 0 Å². The first-order chi connectivity index (χ1) is 14.4. The van der Waals surface area contributed by atoms with Gasteiger partial charge in [-0.1, -0.05) is 18.9 Å². The Hall–Kier alpha value is -2.93. The van der Waals surface area contributed by atoms with Gasteiger partial charge in [-0.2, -0.15) is 0 Å². The van der Waals surface area contributed by atoms with Gasteiger partial charge in [-0.25, -0.2) is 0 Å².